The van der Waals surface area contributed by atoms with Crippen LogP contribution >= 0.6 is 0 Å². The lowest BCUT2D eigenvalue weighted by molar-refractivity contribution is 0.0951. The minimum Gasteiger partial charge on any atom is -0.477 e. The van der Waals surface area contributed by atoms with Crippen LogP contribution in [-0.4, -0.2) is 41.1 Å². The van der Waals surface area contributed by atoms with Gasteiger partial charge in [0.25, 0.3) is 5.91 Å². The molecule has 1 amide bonds. The molecular formula is C22H23N5O4S. The van der Waals surface area contributed by atoms with Crippen LogP contribution < -0.4 is 14.8 Å². The number of aromatic nitrogens is 3. The molecule has 10 heteroatoms. The molecule has 1 aliphatic carbocycles. The Hall–Kier alpha value is -3.53. The average molecular weight is 454 g/mol. The number of carbonyl (C=O) groups excluding carboxylic acids is 1. The van der Waals surface area contributed by atoms with E-state index in [-0.39, 0.29) is 23.5 Å². The van der Waals surface area contributed by atoms with Gasteiger partial charge in [-0.2, -0.15) is 0 Å². The second kappa shape index (κ2) is 9.31. The Morgan fingerprint density at radius 1 is 1.16 bits per heavy atom. The molecule has 1 fully saturated rings. The Balaban J connectivity index is 1.37. The zero-order valence-electron chi connectivity index (χ0n) is 17.5. The Labute approximate surface area is 186 Å². The molecular weight excluding hydrogens is 430 g/mol. The van der Waals surface area contributed by atoms with Crippen LogP contribution in [0.15, 0.2) is 55.0 Å². The molecule has 1 aromatic carbocycles. The zero-order chi connectivity index (χ0) is 22.6. The number of carbonyl (C=O) groups is 1. The molecule has 2 N–H and O–H groups in total. The van der Waals surface area contributed by atoms with Crippen molar-refractivity contribution in [2.75, 3.05) is 11.3 Å². The van der Waals surface area contributed by atoms with Gasteiger partial charge in [-0.3, -0.25) is 14.5 Å². The summed E-state index contributed by atoms with van der Waals surface area (Å²) in [4.78, 5) is 25.1. The van der Waals surface area contributed by atoms with E-state index in [0.29, 0.717) is 36.6 Å². The van der Waals surface area contributed by atoms with Crippen LogP contribution in [0.4, 0.5) is 5.82 Å². The third-order valence-corrected chi connectivity index (χ3v) is 6.68. The molecule has 0 saturated heterocycles. The van der Waals surface area contributed by atoms with Crippen LogP contribution in [0.25, 0.3) is 11.3 Å². The van der Waals surface area contributed by atoms with Gasteiger partial charge in [0, 0.05) is 23.9 Å². The van der Waals surface area contributed by atoms with Crippen LogP contribution in [0.5, 0.6) is 5.88 Å². The molecule has 0 aliphatic heterocycles. The minimum atomic E-state index is -3.38. The quantitative estimate of drug-likeness (QED) is 0.511. The van der Waals surface area contributed by atoms with E-state index in [1.807, 2.05) is 6.92 Å². The lowest BCUT2D eigenvalue weighted by Gasteiger charge is -2.09. The highest BCUT2D eigenvalue weighted by Gasteiger charge is 2.35. The van der Waals surface area contributed by atoms with E-state index in [9.17, 15) is 13.2 Å². The highest BCUT2D eigenvalue weighted by atomic mass is 32.2. The summed E-state index contributed by atoms with van der Waals surface area (Å²) in [6, 6.07) is 10.4. The molecule has 0 bridgehead atoms. The fourth-order valence-corrected chi connectivity index (χ4v) is 4.36. The molecule has 9 nitrogen and oxygen atoms in total. The van der Waals surface area contributed by atoms with Crippen LogP contribution in [0, 0.1) is 0 Å². The maximum absolute atomic E-state index is 12.5. The van der Waals surface area contributed by atoms with Gasteiger partial charge in [0.1, 0.15) is 5.82 Å². The fourth-order valence-electron chi connectivity index (χ4n) is 3.03. The number of benzene rings is 1. The molecule has 1 aliphatic rings. The molecule has 166 valence electrons. The molecule has 2 aromatic heterocycles. The number of nitrogens with one attached hydrogen (secondary N) is 2. The highest BCUT2D eigenvalue weighted by Crippen LogP contribution is 2.29. The number of nitrogens with zero attached hydrogens (tertiary/aromatic N) is 3. The Morgan fingerprint density at radius 3 is 2.66 bits per heavy atom. The predicted octanol–water partition coefficient (Wildman–Crippen LogP) is 2.77. The SMILES string of the molecule is CCOc1cncc(-c2ccc(C(=O)NCc3ccnc(NS(=O)(=O)C4CC4)c3)cc2)n1. The summed E-state index contributed by atoms with van der Waals surface area (Å²) >= 11 is 0. The highest BCUT2D eigenvalue weighted by molar-refractivity contribution is 7.93. The third kappa shape index (κ3) is 5.38. The van der Waals surface area contributed by atoms with Crippen molar-refractivity contribution in [1.29, 1.82) is 0 Å². The van der Waals surface area contributed by atoms with Crippen molar-refractivity contribution >= 4 is 21.7 Å². The zero-order valence-corrected chi connectivity index (χ0v) is 18.3. The first kappa shape index (κ1) is 21.7. The van der Waals surface area contributed by atoms with E-state index >= 15 is 0 Å². The molecule has 0 unspecified atom stereocenters. The average Bonchev–Trinajstić information content (AvgIpc) is 3.64. The molecule has 0 radical (unpaired) electrons. The van der Waals surface area contributed by atoms with Crippen LogP contribution in [0.2, 0.25) is 0 Å². The van der Waals surface area contributed by atoms with Crippen molar-refractivity contribution in [3.05, 3.63) is 66.1 Å². The van der Waals surface area contributed by atoms with Crippen molar-refractivity contribution < 1.29 is 17.9 Å². The van der Waals surface area contributed by atoms with Crippen LogP contribution in [-0.2, 0) is 16.6 Å². The standard InChI is InChI=1S/C22H23N5O4S/c1-2-31-21-14-23-13-19(26-21)16-3-5-17(6-4-16)22(28)25-12-15-9-10-24-20(11-15)27-32(29,30)18-7-8-18/h3-6,9-11,13-14,18H,2,7-8,12H2,1H3,(H,24,27)(H,25,28). The van der Waals surface area contributed by atoms with Crippen molar-refractivity contribution in [2.45, 2.75) is 31.6 Å². The van der Waals surface area contributed by atoms with Gasteiger partial charge in [-0.25, -0.2) is 18.4 Å². The van der Waals surface area contributed by atoms with Gasteiger partial charge in [-0.05, 0) is 49.6 Å². The number of hydrogen-bond acceptors (Lipinski definition) is 7. The van der Waals surface area contributed by atoms with E-state index in [1.54, 1.807) is 48.8 Å². The van der Waals surface area contributed by atoms with E-state index < -0.39 is 10.0 Å². The number of hydrogen-bond donors (Lipinski definition) is 2. The Bertz CT molecular complexity index is 1210. The Kier molecular flexibility index (Phi) is 6.31. The lowest BCUT2D eigenvalue weighted by atomic mass is 10.1. The van der Waals surface area contributed by atoms with Gasteiger partial charge >= 0.3 is 0 Å². The molecule has 2 heterocycles. The van der Waals surface area contributed by atoms with Gasteiger partial charge in [-0.15, -0.1) is 0 Å². The predicted molar refractivity (Wildman–Crippen MR) is 120 cm³/mol. The molecule has 1 saturated carbocycles. The minimum absolute atomic E-state index is 0.239. The summed E-state index contributed by atoms with van der Waals surface area (Å²) in [6.07, 6.45) is 6.05. The lowest BCUT2D eigenvalue weighted by Crippen LogP contribution is -2.23. The number of pyridine rings is 1. The maximum atomic E-state index is 12.5. The molecule has 4 rings (SSSR count). The molecule has 0 atom stereocenters. The summed E-state index contributed by atoms with van der Waals surface area (Å²) in [5.41, 5.74) is 2.70. The summed E-state index contributed by atoms with van der Waals surface area (Å²) in [6.45, 7) is 2.62. The van der Waals surface area contributed by atoms with Crippen molar-refractivity contribution in [2.24, 2.45) is 0 Å². The second-order valence-corrected chi connectivity index (χ2v) is 9.29. The topological polar surface area (TPSA) is 123 Å². The number of sulfonamides is 1. The summed E-state index contributed by atoms with van der Waals surface area (Å²) in [5, 5.41) is 2.50. The van der Waals surface area contributed by atoms with E-state index in [4.69, 9.17) is 4.74 Å². The maximum Gasteiger partial charge on any atom is 0.251 e. The van der Waals surface area contributed by atoms with Crippen molar-refractivity contribution in [3.8, 4) is 17.1 Å². The first-order chi connectivity index (χ1) is 15.4. The number of anilines is 1. The number of ether oxygens (including phenoxy) is 1. The molecule has 32 heavy (non-hydrogen) atoms. The molecule has 0 spiro atoms. The second-order valence-electron chi connectivity index (χ2n) is 7.33. The van der Waals surface area contributed by atoms with Crippen molar-refractivity contribution in [3.63, 3.8) is 0 Å². The number of rotatable bonds is 9. The van der Waals surface area contributed by atoms with E-state index in [1.165, 1.54) is 6.20 Å². The smallest absolute Gasteiger partial charge is 0.251 e. The normalized spacial score (nSPS) is 13.4. The van der Waals surface area contributed by atoms with E-state index in [0.717, 1.165) is 11.1 Å². The molecule has 3 aromatic rings. The van der Waals surface area contributed by atoms with Gasteiger partial charge in [0.2, 0.25) is 15.9 Å². The van der Waals surface area contributed by atoms with Crippen LogP contribution in [0.3, 0.4) is 0 Å². The third-order valence-electron chi connectivity index (χ3n) is 4.83. The fraction of sp³-hybridized carbons (Fsp3) is 0.273. The first-order valence-corrected chi connectivity index (χ1v) is 11.8. The summed E-state index contributed by atoms with van der Waals surface area (Å²) < 4.78 is 32.0. The van der Waals surface area contributed by atoms with Gasteiger partial charge < -0.3 is 10.1 Å². The summed E-state index contributed by atoms with van der Waals surface area (Å²) in [7, 11) is -3.38. The largest absolute Gasteiger partial charge is 0.477 e. The monoisotopic (exact) mass is 453 g/mol. The first-order valence-electron chi connectivity index (χ1n) is 10.2. The Morgan fingerprint density at radius 2 is 1.94 bits per heavy atom. The van der Waals surface area contributed by atoms with E-state index in [2.05, 4.69) is 25.0 Å². The van der Waals surface area contributed by atoms with Gasteiger partial charge in [0.15, 0.2) is 0 Å². The van der Waals surface area contributed by atoms with Crippen LogP contribution in [0.1, 0.15) is 35.7 Å². The summed E-state index contributed by atoms with van der Waals surface area (Å²) in [5.74, 6) is 0.453. The van der Waals surface area contributed by atoms with Gasteiger partial charge in [0.05, 0.1) is 29.9 Å². The van der Waals surface area contributed by atoms with Crippen molar-refractivity contribution in [1.82, 2.24) is 20.3 Å². The van der Waals surface area contributed by atoms with Gasteiger partial charge in [-0.1, -0.05) is 12.1 Å². The number of amides is 1.